The van der Waals surface area contributed by atoms with E-state index < -0.39 is 0 Å². The Morgan fingerprint density at radius 1 is 1.21 bits per heavy atom. The summed E-state index contributed by atoms with van der Waals surface area (Å²) in [5.74, 6) is 0. The van der Waals surface area contributed by atoms with Gasteiger partial charge in [-0.25, -0.2) is 0 Å². The first-order valence-corrected chi connectivity index (χ1v) is 6.55. The number of aromatic nitrogens is 1. The maximum Gasteiger partial charge on any atom is 0.0719 e. The molecule has 0 radical (unpaired) electrons. The lowest BCUT2D eigenvalue weighted by Crippen LogP contribution is -2.03. The Bertz CT molecular complexity index is 511. The van der Waals surface area contributed by atoms with Crippen molar-refractivity contribution in [2.45, 2.75) is 26.5 Å². The van der Waals surface area contributed by atoms with Crippen molar-refractivity contribution in [3.05, 3.63) is 65.0 Å². The summed E-state index contributed by atoms with van der Waals surface area (Å²) in [5.41, 5.74) is 10.3. The number of benzene rings is 1. The van der Waals surface area contributed by atoms with Crippen LogP contribution in [-0.4, -0.2) is 11.6 Å². The molecule has 0 amide bonds. The lowest BCUT2D eigenvalue weighted by atomic mass is 10.1. The van der Waals surface area contributed by atoms with Gasteiger partial charge in [-0.3, -0.25) is 4.98 Å². The zero-order chi connectivity index (χ0) is 13.5. The summed E-state index contributed by atoms with van der Waals surface area (Å²) in [7, 11) is 0. The van der Waals surface area contributed by atoms with Crippen LogP contribution in [0.4, 0.5) is 0 Å². The van der Waals surface area contributed by atoms with Crippen molar-refractivity contribution < 1.29 is 4.74 Å². The average Bonchev–Trinajstić information content (AvgIpc) is 2.46. The van der Waals surface area contributed by atoms with Gasteiger partial charge in [0.25, 0.3) is 0 Å². The van der Waals surface area contributed by atoms with Gasteiger partial charge in [-0.2, -0.15) is 0 Å². The number of ether oxygens (including phenoxy) is 1. The SMILES string of the molecule is Cc1cc(CN)ccc1COCCc1ccccn1. The van der Waals surface area contributed by atoms with Crippen LogP contribution in [0.2, 0.25) is 0 Å². The third-order valence-electron chi connectivity index (χ3n) is 3.13. The van der Waals surface area contributed by atoms with Crippen LogP contribution in [0.15, 0.2) is 42.6 Å². The summed E-state index contributed by atoms with van der Waals surface area (Å²) in [4.78, 5) is 4.27. The number of pyridine rings is 1. The number of nitrogens with zero attached hydrogens (tertiary/aromatic N) is 1. The van der Waals surface area contributed by atoms with Gasteiger partial charge in [0.2, 0.25) is 0 Å². The van der Waals surface area contributed by atoms with Crippen molar-refractivity contribution in [2.75, 3.05) is 6.61 Å². The molecule has 0 atom stereocenters. The van der Waals surface area contributed by atoms with Crippen LogP contribution in [0.3, 0.4) is 0 Å². The molecule has 2 rings (SSSR count). The molecule has 0 fully saturated rings. The van der Waals surface area contributed by atoms with E-state index in [9.17, 15) is 0 Å². The summed E-state index contributed by atoms with van der Waals surface area (Å²) in [5, 5.41) is 0. The second-order valence-corrected chi connectivity index (χ2v) is 4.59. The normalized spacial score (nSPS) is 10.6. The Kier molecular flexibility index (Phi) is 5.07. The molecule has 100 valence electrons. The molecular weight excluding hydrogens is 236 g/mol. The third kappa shape index (κ3) is 4.16. The van der Waals surface area contributed by atoms with Crippen LogP contribution in [-0.2, 0) is 24.3 Å². The number of hydrogen-bond donors (Lipinski definition) is 1. The van der Waals surface area contributed by atoms with Gasteiger partial charge in [-0.1, -0.05) is 24.3 Å². The third-order valence-corrected chi connectivity index (χ3v) is 3.13. The fourth-order valence-electron chi connectivity index (χ4n) is 1.95. The Morgan fingerprint density at radius 3 is 2.79 bits per heavy atom. The average molecular weight is 256 g/mol. The van der Waals surface area contributed by atoms with E-state index in [0.29, 0.717) is 19.8 Å². The maximum atomic E-state index is 5.71. The second-order valence-electron chi connectivity index (χ2n) is 4.59. The molecule has 0 saturated carbocycles. The van der Waals surface area contributed by atoms with E-state index in [0.717, 1.165) is 17.7 Å². The fraction of sp³-hybridized carbons (Fsp3) is 0.312. The molecule has 0 bridgehead atoms. The summed E-state index contributed by atoms with van der Waals surface area (Å²) < 4.78 is 5.71. The van der Waals surface area contributed by atoms with Crippen LogP contribution < -0.4 is 5.73 Å². The van der Waals surface area contributed by atoms with E-state index in [1.54, 1.807) is 0 Å². The van der Waals surface area contributed by atoms with E-state index in [4.69, 9.17) is 10.5 Å². The predicted molar refractivity (Wildman–Crippen MR) is 76.7 cm³/mol. The highest BCUT2D eigenvalue weighted by molar-refractivity contribution is 5.30. The molecule has 0 saturated heterocycles. The van der Waals surface area contributed by atoms with Crippen LogP contribution in [0, 0.1) is 6.92 Å². The molecule has 19 heavy (non-hydrogen) atoms. The Hall–Kier alpha value is -1.71. The predicted octanol–water partition coefficient (Wildman–Crippen LogP) is 2.61. The standard InChI is InChI=1S/C16H20N2O/c1-13-10-14(11-17)5-6-15(13)12-19-9-7-16-4-2-3-8-18-16/h2-6,8,10H,7,9,11-12,17H2,1H3. The first kappa shape index (κ1) is 13.7. The van der Waals surface area contributed by atoms with E-state index in [1.807, 2.05) is 24.4 Å². The van der Waals surface area contributed by atoms with Gasteiger partial charge in [-0.05, 0) is 35.7 Å². The van der Waals surface area contributed by atoms with Gasteiger partial charge >= 0.3 is 0 Å². The van der Waals surface area contributed by atoms with Crippen LogP contribution >= 0.6 is 0 Å². The molecule has 2 aromatic rings. The van der Waals surface area contributed by atoms with Crippen molar-refractivity contribution >= 4 is 0 Å². The molecule has 0 aliphatic carbocycles. The number of rotatable bonds is 6. The first-order chi connectivity index (χ1) is 9.29. The topological polar surface area (TPSA) is 48.1 Å². The number of nitrogens with two attached hydrogens (primary N) is 1. The molecule has 2 N–H and O–H groups in total. The van der Waals surface area contributed by atoms with Crippen LogP contribution in [0.25, 0.3) is 0 Å². The van der Waals surface area contributed by atoms with Gasteiger partial charge in [0.05, 0.1) is 13.2 Å². The first-order valence-electron chi connectivity index (χ1n) is 6.55. The fourth-order valence-corrected chi connectivity index (χ4v) is 1.95. The quantitative estimate of drug-likeness (QED) is 0.808. The highest BCUT2D eigenvalue weighted by atomic mass is 16.5. The Labute approximate surface area is 114 Å². The Balaban J connectivity index is 1.80. The molecule has 3 heteroatoms. The minimum absolute atomic E-state index is 0.585. The van der Waals surface area contributed by atoms with Gasteiger partial charge in [0.15, 0.2) is 0 Å². The van der Waals surface area contributed by atoms with E-state index in [1.165, 1.54) is 11.1 Å². The maximum absolute atomic E-state index is 5.71. The molecule has 3 nitrogen and oxygen atoms in total. The molecule has 1 aromatic carbocycles. The summed E-state index contributed by atoms with van der Waals surface area (Å²) in [6.45, 7) is 4.01. The zero-order valence-electron chi connectivity index (χ0n) is 11.3. The van der Waals surface area contributed by atoms with Crippen molar-refractivity contribution in [1.82, 2.24) is 4.98 Å². The molecule has 0 aliphatic heterocycles. The highest BCUT2D eigenvalue weighted by Crippen LogP contribution is 2.12. The van der Waals surface area contributed by atoms with Crippen LogP contribution in [0.1, 0.15) is 22.4 Å². The van der Waals surface area contributed by atoms with Crippen molar-refractivity contribution in [3.8, 4) is 0 Å². The monoisotopic (exact) mass is 256 g/mol. The Morgan fingerprint density at radius 2 is 2.11 bits per heavy atom. The van der Waals surface area contributed by atoms with E-state index in [-0.39, 0.29) is 0 Å². The molecule has 1 heterocycles. The molecular formula is C16H20N2O. The summed E-state index contributed by atoms with van der Waals surface area (Å²) >= 11 is 0. The molecule has 0 aliphatic rings. The number of aryl methyl sites for hydroxylation is 1. The highest BCUT2D eigenvalue weighted by Gasteiger charge is 2.00. The summed E-state index contributed by atoms with van der Waals surface area (Å²) in [6, 6.07) is 12.2. The van der Waals surface area contributed by atoms with Gasteiger partial charge in [-0.15, -0.1) is 0 Å². The van der Waals surface area contributed by atoms with Crippen molar-refractivity contribution in [3.63, 3.8) is 0 Å². The van der Waals surface area contributed by atoms with E-state index >= 15 is 0 Å². The number of hydrogen-bond acceptors (Lipinski definition) is 3. The van der Waals surface area contributed by atoms with Gasteiger partial charge in [0.1, 0.15) is 0 Å². The second kappa shape index (κ2) is 7.02. The van der Waals surface area contributed by atoms with Gasteiger partial charge in [0, 0.05) is 24.9 Å². The molecule has 1 aromatic heterocycles. The van der Waals surface area contributed by atoms with Gasteiger partial charge < -0.3 is 10.5 Å². The lowest BCUT2D eigenvalue weighted by molar-refractivity contribution is 0.123. The smallest absolute Gasteiger partial charge is 0.0719 e. The van der Waals surface area contributed by atoms with Crippen molar-refractivity contribution in [1.29, 1.82) is 0 Å². The van der Waals surface area contributed by atoms with Crippen molar-refractivity contribution in [2.24, 2.45) is 5.73 Å². The largest absolute Gasteiger partial charge is 0.376 e. The minimum atomic E-state index is 0.585. The van der Waals surface area contributed by atoms with E-state index in [2.05, 4.69) is 30.1 Å². The van der Waals surface area contributed by atoms with Crippen LogP contribution in [0.5, 0.6) is 0 Å². The molecule has 0 unspecified atom stereocenters. The lowest BCUT2D eigenvalue weighted by Gasteiger charge is -2.08. The zero-order valence-corrected chi connectivity index (χ0v) is 11.3. The summed E-state index contributed by atoms with van der Waals surface area (Å²) in [6.07, 6.45) is 2.66. The molecule has 0 spiro atoms. The minimum Gasteiger partial charge on any atom is -0.376 e.